The Bertz CT molecular complexity index is 1040. The number of methoxy groups -OCH3 is 1. The van der Waals surface area contributed by atoms with Gasteiger partial charge in [0.25, 0.3) is 11.8 Å². The van der Waals surface area contributed by atoms with E-state index in [1.54, 1.807) is 17.0 Å². The normalized spacial score (nSPS) is 17.3. The van der Waals surface area contributed by atoms with Crippen molar-refractivity contribution in [1.29, 1.82) is 0 Å². The first-order valence-electron chi connectivity index (χ1n) is 11.0. The van der Waals surface area contributed by atoms with Gasteiger partial charge < -0.3 is 19.3 Å². The highest BCUT2D eigenvalue weighted by molar-refractivity contribution is 7.14. The van der Waals surface area contributed by atoms with Crippen LogP contribution in [-0.4, -0.2) is 66.4 Å². The highest BCUT2D eigenvalue weighted by Gasteiger charge is 2.44. The molecule has 4 rings (SSSR count). The van der Waals surface area contributed by atoms with Crippen molar-refractivity contribution < 1.29 is 24.0 Å². The first-order chi connectivity index (χ1) is 15.9. The van der Waals surface area contributed by atoms with Crippen molar-refractivity contribution in [3.8, 4) is 11.5 Å². The third kappa shape index (κ3) is 4.52. The van der Waals surface area contributed by atoms with Gasteiger partial charge in [0.1, 0.15) is 5.75 Å². The maximum atomic E-state index is 13.1. The zero-order valence-electron chi connectivity index (χ0n) is 18.7. The maximum Gasteiger partial charge on any atom is 0.366 e. The molecule has 0 radical (unpaired) electrons. The van der Waals surface area contributed by atoms with Gasteiger partial charge in [-0.2, -0.15) is 0 Å². The van der Waals surface area contributed by atoms with Crippen LogP contribution in [-0.2, 0) is 0 Å². The minimum atomic E-state index is -0.525. The molecule has 0 atom stereocenters. The van der Waals surface area contributed by atoms with Crippen molar-refractivity contribution in [3.05, 3.63) is 50.9 Å². The predicted octanol–water partition coefficient (Wildman–Crippen LogP) is 3.83. The van der Waals surface area contributed by atoms with Gasteiger partial charge in [-0.3, -0.25) is 19.7 Å². The topological polar surface area (TPSA) is 102 Å². The van der Waals surface area contributed by atoms with E-state index in [2.05, 4.69) is 0 Å². The van der Waals surface area contributed by atoms with E-state index in [0.717, 1.165) is 36.3 Å². The Morgan fingerprint density at radius 1 is 1.09 bits per heavy atom. The van der Waals surface area contributed by atoms with Crippen molar-refractivity contribution in [2.24, 2.45) is 5.41 Å². The Morgan fingerprint density at radius 2 is 1.73 bits per heavy atom. The molecule has 2 fully saturated rings. The number of thiophene rings is 1. The summed E-state index contributed by atoms with van der Waals surface area (Å²) in [7, 11) is 1.34. The molecule has 1 aromatic heterocycles. The largest absolute Gasteiger partial charge is 0.494 e. The van der Waals surface area contributed by atoms with Gasteiger partial charge in [0, 0.05) is 37.1 Å². The van der Waals surface area contributed by atoms with Crippen LogP contribution in [0.5, 0.6) is 11.5 Å². The second-order valence-corrected chi connectivity index (χ2v) is 9.33. The molecule has 33 heavy (non-hydrogen) atoms. The fraction of sp³-hybridized carbons (Fsp3) is 0.478. The van der Waals surface area contributed by atoms with Gasteiger partial charge in [-0.25, -0.2) is 0 Å². The number of benzene rings is 1. The van der Waals surface area contributed by atoms with Crippen molar-refractivity contribution in [2.75, 3.05) is 39.9 Å². The standard InChI is InChI=1S/C23H27N3O6S/c1-3-32-17-6-4-16(5-7-17)20(27)24-11-8-23(9-12-24)10-13-25(15-23)21(28)18-14-33-22(26(29)30)19(18)31-2/h4-7,14H,3,8-13,15H2,1-2H3. The molecule has 0 unspecified atom stereocenters. The molecule has 2 aliphatic heterocycles. The summed E-state index contributed by atoms with van der Waals surface area (Å²) >= 11 is 0.904. The number of carbonyl (C=O) groups is 2. The average Bonchev–Trinajstić information content (AvgIpc) is 3.44. The average molecular weight is 474 g/mol. The third-order valence-electron chi connectivity index (χ3n) is 6.58. The molecule has 10 heteroatoms. The number of hydrogen-bond acceptors (Lipinski definition) is 7. The molecule has 9 nitrogen and oxygen atoms in total. The fourth-order valence-corrected chi connectivity index (χ4v) is 5.55. The van der Waals surface area contributed by atoms with Crippen LogP contribution in [0.25, 0.3) is 0 Å². The minimum absolute atomic E-state index is 0.00847. The Kier molecular flexibility index (Phi) is 6.55. The van der Waals surface area contributed by atoms with Crippen molar-refractivity contribution in [3.63, 3.8) is 0 Å². The van der Waals surface area contributed by atoms with Crippen LogP contribution in [0.2, 0.25) is 0 Å². The van der Waals surface area contributed by atoms with Gasteiger partial charge in [-0.1, -0.05) is 11.3 Å². The van der Waals surface area contributed by atoms with Gasteiger partial charge in [0.2, 0.25) is 5.75 Å². The fourth-order valence-electron chi connectivity index (χ4n) is 4.72. The molecule has 1 spiro atoms. The lowest BCUT2D eigenvalue weighted by atomic mass is 9.77. The van der Waals surface area contributed by atoms with Crippen LogP contribution in [0.4, 0.5) is 5.00 Å². The first kappa shape index (κ1) is 23.0. The monoisotopic (exact) mass is 473 g/mol. The van der Waals surface area contributed by atoms with E-state index in [1.807, 2.05) is 24.0 Å². The molecule has 176 valence electrons. The molecule has 2 aliphatic rings. The number of nitro groups is 1. The van der Waals surface area contributed by atoms with Crippen molar-refractivity contribution >= 4 is 28.2 Å². The van der Waals surface area contributed by atoms with E-state index in [4.69, 9.17) is 9.47 Å². The number of amides is 2. The predicted molar refractivity (Wildman–Crippen MR) is 123 cm³/mol. The van der Waals surface area contributed by atoms with E-state index >= 15 is 0 Å². The Labute approximate surface area is 196 Å². The molecule has 0 aliphatic carbocycles. The minimum Gasteiger partial charge on any atom is -0.494 e. The summed E-state index contributed by atoms with van der Waals surface area (Å²) in [5.74, 6) is 0.553. The lowest BCUT2D eigenvalue weighted by Crippen LogP contribution is -2.44. The summed E-state index contributed by atoms with van der Waals surface area (Å²) in [6.45, 7) is 4.96. The maximum absolute atomic E-state index is 13.1. The highest BCUT2D eigenvalue weighted by atomic mass is 32.1. The van der Waals surface area contributed by atoms with Crippen LogP contribution in [0.15, 0.2) is 29.6 Å². The molecule has 2 amide bonds. The van der Waals surface area contributed by atoms with E-state index in [9.17, 15) is 19.7 Å². The summed E-state index contributed by atoms with van der Waals surface area (Å²) in [4.78, 5) is 40.3. The van der Waals surface area contributed by atoms with Crippen LogP contribution < -0.4 is 9.47 Å². The number of piperidine rings is 1. The molecule has 1 aromatic carbocycles. The SMILES string of the molecule is CCOc1ccc(C(=O)N2CCC3(CC2)CCN(C(=O)c2csc([N+](=O)[O-])c2OC)C3)cc1. The van der Waals surface area contributed by atoms with Crippen molar-refractivity contribution in [1.82, 2.24) is 9.80 Å². The first-order valence-corrected chi connectivity index (χ1v) is 11.9. The molecule has 2 saturated heterocycles. The van der Waals surface area contributed by atoms with Gasteiger partial charge in [-0.15, -0.1) is 0 Å². The number of likely N-dealkylation sites (tertiary alicyclic amines) is 2. The molecule has 3 heterocycles. The van der Waals surface area contributed by atoms with Gasteiger partial charge >= 0.3 is 5.00 Å². The van der Waals surface area contributed by atoms with E-state index in [0.29, 0.717) is 38.3 Å². The molecule has 0 N–H and O–H groups in total. The van der Waals surface area contributed by atoms with E-state index < -0.39 is 4.92 Å². The van der Waals surface area contributed by atoms with Crippen LogP contribution >= 0.6 is 11.3 Å². The number of nitrogens with zero attached hydrogens (tertiary/aromatic N) is 3. The van der Waals surface area contributed by atoms with Gasteiger partial charge in [0.05, 0.1) is 24.2 Å². The Balaban J connectivity index is 1.37. The van der Waals surface area contributed by atoms with Gasteiger partial charge in [0.15, 0.2) is 0 Å². The van der Waals surface area contributed by atoms with Gasteiger partial charge in [-0.05, 0) is 55.9 Å². The molecule has 2 aromatic rings. The Morgan fingerprint density at radius 3 is 2.30 bits per heavy atom. The quantitative estimate of drug-likeness (QED) is 0.467. The summed E-state index contributed by atoms with van der Waals surface area (Å²) in [5, 5.41) is 12.5. The molecule has 0 bridgehead atoms. The zero-order chi connectivity index (χ0) is 23.6. The van der Waals surface area contributed by atoms with Crippen molar-refractivity contribution in [2.45, 2.75) is 26.2 Å². The number of ether oxygens (including phenoxy) is 2. The molecular formula is C23H27N3O6S. The molecule has 0 saturated carbocycles. The van der Waals surface area contributed by atoms with Crippen LogP contribution in [0, 0.1) is 15.5 Å². The highest BCUT2D eigenvalue weighted by Crippen LogP contribution is 2.43. The summed E-state index contributed by atoms with van der Waals surface area (Å²) < 4.78 is 10.6. The van der Waals surface area contributed by atoms with Crippen LogP contribution in [0.3, 0.4) is 0 Å². The smallest absolute Gasteiger partial charge is 0.366 e. The second kappa shape index (κ2) is 9.38. The number of carbonyl (C=O) groups excluding carboxylic acids is 2. The summed E-state index contributed by atoms with van der Waals surface area (Å²) in [5.41, 5.74) is 0.860. The number of hydrogen-bond donors (Lipinski definition) is 0. The van der Waals surface area contributed by atoms with E-state index in [-0.39, 0.29) is 33.5 Å². The second-order valence-electron chi connectivity index (χ2n) is 8.47. The van der Waals surface area contributed by atoms with Crippen LogP contribution in [0.1, 0.15) is 46.9 Å². The summed E-state index contributed by atoms with van der Waals surface area (Å²) in [6, 6.07) is 7.21. The third-order valence-corrected chi connectivity index (χ3v) is 7.49. The lowest BCUT2D eigenvalue weighted by Gasteiger charge is -2.39. The number of rotatable bonds is 6. The molecular weight excluding hydrogens is 446 g/mol. The van der Waals surface area contributed by atoms with E-state index in [1.165, 1.54) is 12.5 Å². The lowest BCUT2D eigenvalue weighted by molar-refractivity contribution is -0.381. The summed E-state index contributed by atoms with van der Waals surface area (Å²) in [6.07, 6.45) is 2.50. The zero-order valence-corrected chi connectivity index (χ0v) is 19.6. The Hall–Kier alpha value is -3.14.